The van der Waals surface area contributed by atoms with Gasteiger partial charge in [0.05, 0.1) is 6.54 Å². The molecule has 8 heteroatoms. The van der Waals surface area contributed by atoms with Gasteiger partial charge in [-0.1, -0.05) is 11.3 Å². The van der Waals surface area contributed by atoms with Gasteiger partial charge in [-0.2, -0.15) is 0 Å². The number of nitrogens with zero attached hydrogens (tertiary/aromatic N) is 2. The molecule has 6 nitrogen and oxygen atoms in total. The second kappa shape index (κ2) is 5.28. The normalized spacial score (nSPS) is 10.2. The average Bonchev–Trinajstić information content (AvgIpc) is 2.74. The largest absolute Gasteiger partial charge is 0.372 e. The Labute approximate surface area is 110 Å². The van der Waals surface area contributed by atoms with Crippen molar-refractivity contribution in [1.29, 1.82) is 0 Å². The number of aromatic nitrogens is 3. The Hall–Kier alpha value is -1.41. The van der Waals surface area contributed by atoms with Crippen molar-refractivity contribution in [2.24, 2.45) is 0 Å². The van der Waals surface area contributed by atoms with E-state index >= 15 is 0 Å². The second-order valence-corrected chi connectivity index (χ2v) is 4.80. The summed E-state index contributed by atoms with van der Waals surface area (Å²) < 4.78 is 0.764. The molecule has 0 saturated carbocycles. The quantitative estimate of drug-likeness (QED) is 0.799. The van der Waals surface area contributed by atoms with Crippen LogP contribution in [-0.4, -0.2) is 22.0 Å². The lowest BCUT2D eigenvalue weighted by molar-refractivity contribution is 1.02. The topological polar surface area (TPSA) is 82.7 Å². The van der Waals surface area contributed by atoms with Crippen molar-refractivity contribution in [3.63, 3.8) is 0 Å². The molecule has 2 heterocycles. The first-order chi connectivity index (χ1) is 8.20. The Bertz CT molecular complexity index is 567. The van der Waals surface area contributed by atoms with E-state index in [0.717, 1.165) is 21.5 Å². The van der Waals surface area contributed by atoms with E-state index in [4.69, 9.17) is 0 Å². The van der Waals surface area contributed by atoms with Gasteiger partial charge in [0.2, 0.25) is 0 Å². The van der Waals surface area contributed by atoms with Crippen LogP contribution in [0.2, 0.25) is 0 Å². The predicted octanol–water partition coefficient (Wildman–Crippen LogP) is 1.64. The number of nitrogens with one attached hydrogen (secondary N) is 3. The van der Waals surface area contributed by atoms with Crippen molar-refractivity contribution < 1.29 is 0 Å². The highest BCUT2D eigenvalue weighted by molar-refractivity contribution is 9.10. The number of hydrogen-bond acceptors (Lipinski definition) is 6. The molecular formula is C9H10BrN5OS. The monoisotopic (exact) mass is 315 g/mol. The molecule has 0 aliphatic carbocycles. The smallest absolute Gasteiger partial charge is 0.304 e. The average molecular weight is 316 g/mol. The summed E-state index contributed by atoms with van der Waals surface area (Å²) in [7, 11) is 1.78. The number of H-pyrrole nitrogens is 1. The van der Waals surface area contributed by atoms with Gasteiger partial charge in [-0.15, -0.1) is 0 Å². The van der Waals surface area contributed by atoms with Gasteiger partial charge in [0.15, 0.2) is 0 Å². The fourth-order valence-corrected chi connectivity index (χ4v) is 2.37. The van der Waals surface area contributed by atoms with Gasteiger partial charge in [0.1, 0.15) is 22.4 Å². The molecule has 0 aromatic carbocycles. The maximum Gasteiger partial charge on any atom is 0.304 e. The standard InChI is InChI=1S/C9H10BrN5OS/c1-11-7-6(10)8(14-4-13-7)12-2-5-3-17-9(16)15-5/h3-4H,2H2,1H3,(H,15,16)(H2,11,12,13,14). The molecular weight excluding hydrogens is 306 g/mol. The lowest BCUT2D eigenvalue weighted by atomic mass is 10.4. The summed E-state index contributed by atoms with van der Waals surface area (Å²) in [5.74, 6) is 1.39. The molecule has 0 bridgehead atoms. The summed E-state index contributed by atoms with van der Waals surface area (Å²) in [6.07, 6.45) is 1.47. The summed E-state index contributed by atoms with van der Waals surface area (Å²) in [5, 5.41) is 7.84. The highest BCUT2D eigenvalue weighted by Gasteiger charge is 2.07. The Morgan fingerprint density at radius 2 is 2.24 bits per heavy atom. The van der Waals surface area contributed by atoms with Crippen molar-refractivity contribution >= 4 is 38.9 Å². The van der Waals surface area contributed by atoms with E-state index in [1.54, 1.807) is 12.4 Å². The Balaban J connectivity index is 2.11. The van der Waals surface area contributed by atoms with Gasteiger partial charge in [0, 0.05) is 18.1 Å². The Morgan fingerprint density at radius 1 is 1.47 bits per heavy atom. The van der Waals surface area contributed by atoms with E-state index in [1.165, 1.54) is 6.33 Å². The molecule has 0 fully saturated rings. The number of aromatic amines is 1. The summed E-state index contributed by atoms with van der Waals surface area (Å²) in [6, 6.07) is 0. The summed E-state index contributed by atoms with van der Waals surface area (Å²) >= 11 is 4.54. The molecule has 2 aromatic rings. The van der Waals surface area contributed by atoms with E-state index < -0.39 is 0 Å². The first kappa shape index (κ1) is 12.1. The van der Waals surface area contributed by atoms with Gasteiger partial charge in [-0.05, 0) is 15.9 Å². The first-order valence-electron chi connectivity index (χ1n) is 4.79. The third-order valence-electron chi connectivity index (χ3n) is 2.04. The van der Waals surface area contributed by atoms with Crippen molar-refractivity contribution in [1.82, 2.24) is 15.0 Å². The Morgan fingerprint density at radius 3 is 2.88 bits per heavy atom. The zero-order valence-corrected chi connectivity index (χ0v) is 11.4. The summed E-state index contributed by atoms with van der Waals surface area (Å²) in [5.41, 5.74) is 0.830. The molecule has 90 valence electrons. The van der Waals surface area contributed by atoms with Gasteiger partial charge < -0.3 is 15.6 Å². The van der Waals surface area contributed by atoms with Crippen LogP contribution in [0.4, 0.5) is 11.6 Å². The summed E-state index contributed by atoms with van der Waals surface area (Å²) in [4.78, 5) is 21.8. The van der Waals surface area contributed by atoms with Crippen molar-refractivity contribution in [3.05, 3.63) is 31.5 Å². The van der Waals surface area contributed by atoms with Crippen LogP contribution in [0.15, 0.2) is 21.0 Å². The van der Waals surface area contributed by atoms with Crippen LogP contribution < -0.4 is 15.5 Å². The molecule has 0 amide bonds. The predicted molar refractivity (Wildman–Crippen MR) is 71.5 cm³/mol. The molecule has 17 heavy (non-hydrogen) atoms. The van der Waals surface area contributed by atoms with Gasteiger partial charge in [-0.25, -0.2) is 9.97 Å². The van der Waals surface area contributed by atoms with E-state index in [9.17, 15) is 4.79 Å². The van der Waals surface area contributed by atoms with Crippen molar-refractivity contribution in [3.8, 4) is 0 Å². The van der Waals surface area contributed by atoms with Crippen LogP contribution in [-0.2, 0) is 6.54 Å². The minimum Gasteiger partial charge on any atom is -0.372 e. The first-order valence-corrected chi connectivity index (χ1v) is 6.46. The molecule has 3 N–H and O–H groups in total. The van der Waals surface area contributed by atoms with Gasteiger partial charge in [0.25, 0.3) is 0 Å². The second-order valence-electron chi connectivity index (χ2n) is 3.16. The molecule has 2 rings (SSSR count). The Kier molecular flexibility index (Phi) is 3.75. The van der Waals surface area contributed by atoms with E-state index in [-0.39, 0.29) is 4.87 Å². The number of rotatable bonds is 4. The van der Waals surface area contributed by atoms with E-state index in [0.29, 0.717) is 18.2 Å². The highest BCUT2D eigenvalue weighted by atomic mass is 79.9. The molecule has 0 spiro atoms. The minimum absolute atomic E-state index is 0.0560. The van der Waals surface area contributed by atoms with Crippen LogP contribution >= 0.6 is 27.3 Å². The number of thiazole rings is 1. The van der Waals surface area contributed by atoms with Crippen molar-refractivity contribution in [2.75, 3.05) is 17.7 Å². The van der Waals surface area contributed by atoms with Crippen LogP contribution in [0.3, 0.4) is 0 Å². The third-order valence-corrected chi connectivity index (χ3v) is 3.51. The molecule has 0 aliphatic rings. The zero-order valence-electron chi connectivity index (χ0n) is 8.95. The number of hydrogen-bond donors (Lipinski definition) is 3. The van der Waals surface area contributed by atoms with Crippen LogP contribution in [0.25, 0.3) is 0 Å². The molecule has 0 saturated heterocycles. The molecule has 0 unspecified atom stereocenters. The third kappa shape index (κ3) is 2.83. The molecule has 0 radical (unpaired) electrons. The highest BCUT2D eigenvalue weighted by Crippen LogP contribution is 2.26. The van der Waals surface area contributed by atoms with Crippen molar-refractivity contribution in [2.45, 2.75) is 6.54 Å². The molecule has 0 atom stereocenters. The fourth-order valence-electron chi connectivity index (χ4n) is 1.25. The fraction of sp³-hybridized carbons (Fsp3) is 0.222. The van der Waals surface area contributed by atoms with E-state index in [1.807, 2.05) is 0 Å². The molecule has 2 aromatic heterocycles. The minimum atomic E-state index is -0.0560. The lowest BCUT2D eigenvalue weighted by Crippen LogP contribution is -2.06. The SMILES string of the molecule is CNc1ncnc(NCc2csc(=O)[nH]2)c1Br. The van der Waals surface area contributed by atoms with Gasteiger partial charge >= 0.3 is 4.87 Å². The molecule has 0 aliphatic heterocycles. The van der Waals surface area contributed by atoms with Crippen LogP contribution in [0.5, 0.6) is 0 Å². The summed E-state index contributed by atoms with van der Waals surface area (Å²) in [6.45, 7) is 0.511. The van der Waals surface area contributed by atoms with E-state index in [2.05, 4.69) is 41.5 Å². The zero-order chi connectivity index (χ0) is 12.3. The number of anilines is 2. The number of halogens is 1. The maximum atomic E-state index is 11.0. The van der Waals surface area contributed by atoms with Crippen LogP contribution in [0, 0.1) is 0 Å². The lowest BCUT2D eigenvalue weighted by Gasteiger charge is -2.08. The van der Waals surface area contributed by atoms with Crippen LogP contribution in [0.1, 0.15) is 5.69 Å². The maximum absolute atomic E-state index is 11.0. The van der Waals surface area contributed by atoms with Gasteiger partial charge in [-0.3, -0.25) is 4.79 Å².